The van der Waals surface area contributed by atoms with Gasteiger partial charge in [-0.15, -0.1) is 0 Å². The number of hydrogen-bond donors (Lipinski definition) is 1. The number of amides is 1. The van der Waals surface area contributed by atoms with E-state index in [0.29, 0.717) is 23.6 Å². The molecule has 1 N–H and O–H groups in total. The van der Waals surface area contributed by atoms with Crippen molar-refractivity contribution in [1.29, 1.82) is 0 Å². The highest BCUT2D eigenvalue weighted by Gasteiger charge is 2.45. The van der Waals surface area contributed by atoms with Crippen molar-refractivity contribution in [3.8, 4) is 11.5 Å². The molecule has 1 heterocycles. The fourth-order valence-electron chi connectivity index (χ4n) is 3.91. The monoisotopic (exact) mass is 437 g/mol. The van der Waals surface area contributed by atoms with Gasteiger partial charge < -0.3 is 19.5 Å². The van der Waals surface area contributed by atoms with Gasteiger partial charge in [0.15, 0.2) is 0 Å². The van der Waals surface area contributed by atoms with E-state index < -0.39 is 17.7 Å². The van der Waals surface area contributed by atoms with Crippen LogP contribution >= 0.6 is 0 Å². The van der Waals surface area contributed by atoms with Gasteiger partial charge in [0.05, 0.1) is 24.8 Å². The number of rotatable bonds is 8. The Labute approximate surface area is 189 Å². The maximum Gasteiger partial charge on any atom is 0.295 e. The standard InChI is InChI=1S/C26H31NO5/c1-6-7-14-27-23(18-8-11-20(31-5)12-9-18)22(25(29)26(27)30)24(28)19-10-13-21(17(4)15-19)32-16(2)3/h8-13,15-16,23,28H,6-7,14H2,1-5H3/b24-22-. The van der Waals surface area contributed by atoms with Crippen LogP contribution in [0.3, 0.4) is 0 Å². The minimum absolute atomic E-state index is 0.0205. The van der Waals surface area contributed by atoms with Crippen molar-refractivity contribution in [3.63, 3.8) is 0 Å². The van der Waals surface area contributed by atoms with Crippen LogP contribution in [0.4, 0.5) is 0 Å². The molecule has 0 saturated carbocycles. The quantitative estimate of drug-likeness (QED) is 0.357. The molecule has 0 bridgehead atoms. The Morgan fingerprint density at radius 2 is 1.81 bits per heavy atom. The van der Waals surface area contributed by atoms with E-state index >= 15 is 0 Å². The molecule has 1 saturated heterocycles. The van der Waals surface area contributed by atoms with Crippen molar-refractivity contribution in [2.45, 2.75) is 52.7 Å². The first-order valence-electron chi connectivity index (χ1n) is 11.0. The Morgan fingerprint density at radius 1 is 1.12 bits per heavy atom. The van der Waals surface area contributed by atoms with E-state index in [4.69, 9.17) is 9.47 Å². The second kappa shape index (κ2) is 9.90. The number of hydrogen-bond acceptors (Lipinski definition) is 5. The van der Waals surface area contributed by atoms with Gasteiger partial charge >= 0.3 is 0 Å². The third-order valence-electron chi connectivity index (χ3n) is 5.54. The average Bonchev–Trinajstić information content (AvgIpc) is 3.03. The number of ether oxygens (including phenoxy) is 2. The van der Waals surface area contributed by atoms with Crippen molar-refractivity contribution in [2.75, 3.05) is 13.7 Å². The smallest absolute Gasteiger partial charge is 0.295 e. The number of likely N-dealkylation sites (tertiary alicyclic amines) is 1. The van der Waals surface area contributed by atoms with Crippen molar-refractivity contribution < 1.29 is 24.2 Å². The van der Waals surface area contributed by atoms with Gasteiger partial charge in [-0.1, -0.05) is 25.5 Å². The molecule has 1 atom stereocenters. The summed E-state index contributed by atoms with van der Waals surface area (Å²) in [6.45, 7) is 8.24. The summed E-state index contributed by atoms with van der Waals surface area (Å²) in [5.41, 5.74) is 2.17. The lowest BCUT2D eigenvalue weighted by molar-refractivity contribution is -0.139. The van der Waals surface area contributed by atoms with E-state index in [1.807, 2.05) is 39.8 Å². The number of nitrogens with zero attached hydrogens (tertiary/aromatic N) is 1. The third-order valence-corrected chi connectivity index (χ3v) is 5.54. The molecule has 1 aliphatic heterocycles. The summed E-state index contributed by atoms with van der Waals surface area (Å²) in [6.07, 6.45) is 1.67. The number of aryl methyl sites for hydroxylation is 1. The van der Waals surface area contributed by atoms with Gasteiger partial charge in [0.25, 0.3) is 11.7 Å². The molecule has 1 unspecified atom stereocenters. The van der Waals surface area contributed by atoms with Gasteiger partial charge in [-0.2, -0.15) is 0 Å². The van der Waals surface area contributed by atoms with Gasteiger partial charge in [0, 0.05) is 12.1 Å². The molecular weight excluding hydrogens is 406 g/mol. The van der Waals surface area contributed by atoms with Gasteiger partial charge in [0.2, 0.25) is 0 Å². The average molecular weight is 438 g/mol. The highest BCUT2D eigenvalue weighted by atomic mass is 16.5. The zero-order valence-electron chi connectivity index (χ0n) is 19.3. The van der Waals surface area contributed by atoms with Crippen LogP contribution in [0, 0.1) is 6.92 Å². The molecule has 1 fully saturated rings. The second-order valence-electron chi connectivity index (χ2n) is 8.27. The number of Topliss-reactive ketones (excluding diaryl/α,β-unsaturated/α-hetero) is 1. The lowest BCUT2D eigenvalue weighted by Crippen LogP contribution is -2.30. The van der Waals surface area contributed by atoms with E-state index in [2.05, 4.69) is 0 Å². The molecule has 3 rings (SSSR count). The van der Waals surface area contributed by atoms with Crippen LogP contribution in [0.15, 0.2) is 48.0 Å². The fraction of sp³-hybridized carbons (Fsp3) is 0.385. The van der Waals surface area contributed by atoms with E-state index in [1.165, 1.54) is 0 Å². The zero-order chi connectivity index (χ0) is 23.4. The molecule has 0 radical (unpaired) electrons. The van der Waals surface area contributed by atoms with Crippen molar-refractivity contribution in [1.82, 2.24) is 4.90 Å². The van der Waals surface area contributed by atoms with Gasteiger partial charge in [-0.25, -0.2) is 0 Å². The molecule has 0 aliphatic carbocycles. The Bertz CT molecular complexity index is 1020. The first-order chi connectivity index (χ1) is 15.3. The van der Waals surface area contributed by atoms with E-state index in [1.54, 1.807) is 42.3 Å². The van der Waals surface area contributed by atoms with Gasteiger partial charge in [-0.3, -0.25) is 9.59 Å². The molecule has 6 nitrogen and oxygen atoms in total. The SMILES string of the molecule is CCCCN1C(=O)C(=O)/C(=C(\O)c2ccc(OC(C)C)c(C)c2)C1c1ccc(OC)cc1. The predicted molar refractivity (Wildman–Crippen MR) is 124 cm³/mol. The summed E-state index contributed by atoms with van der Waals surface area (Å²) in [5.74, 6) is -0.0403. The van der Waals surface area contributed by atoms with Crippen molar-refractivity contribution in [2.24, 2.45) is 0 Å². The van der Waals surface area contributed by atoms with E-state index in [-0.39, 0.29) is 17.4 Å². The lowest BCUT2D eigenvalue weighted by atomic mass is 9.94. The van der Waals surface area contributed by atoms with Gasteiger partial charge in [-0.05, 0) is 68.7 Å². The number of methoxy groups -OCH3 is 1. The third kappa shape index (κ3) is 4.64. The van der Waals surface area contributed by atoms with Crippen LogP contribution < -0.4 is 9.47 Å². The van der Waals surface area contributed by atoms with Crippen molar-refractivity contribution >= 4 is 17.4 Å². The Kier molecular flexibility index (Phi) is 7.23. The largest absolute Gasteiger partial charge is 0.507 e. The molecule has 1 aliphatic rings. The summed E-state index contributed by atoms with van der Waals surface area (Å²) < 4.78 is 11.0. The Hall–Kier alpha value is -3.28. The zero-order valence-corrected chi connectivity index (χ0v) is 19.3. The molecule has 170 valence electrons. The molecule has 0 spiro atoms. The molecule has 2 aromatic rings. The first kappa shape index (κ1) is 23.4. The molecule has 0 aromatic heterocycles. The van der Waals surface area contributed by atoms with Crippen LogP contribution in [0.1, 0.15) is 56.3 Å². The number of unbranched alkanes of at least 4 members (excludes halogenated alkanes) is 1. The predicted octanol–water partition coefficient (Wildman–Crippen LogP) is 5.01. The number of ketones is 1. The topological polar surface area (TPSA) is 76.1 Å². The summed E-state index contributed by atoms with van der Waals surface area (Å²) in [4.78, 5) is 27.5. The molecule has 1 amide bonds. The summed E-state index contributed by atoms with van der Waals surface area (Å²) in [7, 11) is 1.58. The van der Waals surface area contributed by atoms with Crippen LogP contribution in [-0.4, -0.2) is 41.5 Å². The van der Waals surface area contributed by atoms with Crippen LogP contribution in [0.5, 0.6) is 11.5 Å². The maximum atomic E-state index is 13.0. The van der Waals surface area contributed by atoms with Gasteiger partial charge in [0.1, 0.15) is 17.3 Å². The number of carbonyl (C=O) groups excluding carboxylic acids is 2. The van der Waals surface area contributed by atoms with Crippen molar-refractivity contribution in [3.05, 3.63) is 64.7 Å². The lowest BCUT2D eigenvalue weighted by Gasteiger charge is -2.25. The summed E-state index contributed by atoms with van der Waals surface area (Å²) in [6, 6.07) is 11.8. The minimum atomic E-state index is -0.667. The number of carbonyl (C=O) groups is 2. The second-order valence-corrected chi connectivity index (χ2v) is 8.27. The summed E-state index contributed by atoms with van der Waals surface area (Å²) in [5, 5.41) is 11.2. The minimum Gasteiger partial charge on any atom is -0.507 e. The normalized spacial score (nSPS) is 17.8. The highest BCUT2D eigenvalue weighted by Crippen LogP contribution is 2.40. The first-order valence-corrected chi connectivity index (χ1v) is 11.0. The van der Waals surface area contributed by atoms with Crippen LogP contribution in [-0.2, 0) is 9.59 Å². The Balaban J connectivity index is 2.11. The number of benzene rings is 2. The molecule has 6 heteroatoms. The molecule has 2 aromatic carbocycles. The summed E-state index contributed by atoms with van der Waals surface area (Å²) >= 11 is 0. The van der Waals surface area contributed by atoms with Crippen LogP contribution in [0.25, 0.3) is 5.76 Å². The highest BCUT2D eigenvalue weighted by molar-refractivity contribution is 6.46. The Morgan fingerprint density at radius 3 is 2.38 bits per heavy atom. The van der Waals surface area contributed by atoms with E-state index in [9.17, 15) is 14.7 Å². The van der Waals surface area contributed by atoms with Crippen LogP contribution in [0.2, 0.25) is 0 Å². The molecule has 32 heavy (non-hydrogen) atoms. The van der Waals surface area contributed by atoms with E-state index in [0.717, 1.165) is 24.0 Å². The number of aliphatic hydroxyl groups excluding tert-OH is 1. The fourth-order valence-corrected chi connectivity index (χ4v) is 3.91. The number of aliphatic hydroxyl groups is 1. The molecular formula is C26H31NO5. The maximum absolute atomic E-state index is 13.0.